The molecule has 1 rings (SSSR count). The third kappa shape index (κ3) is 4.48. The number of methoxy groups -OCH3 is 1. The van der Waals surface area contributed by atoms with Crippen LogP contribution < -0.4 is 0 Å². The number of halogens is 1. The van der Waals surface area contributed by atoms with Crippen molar-refractivity contribution in [3.63, 3.8) is 0 Å². The van der Waals surface area contributed by atoms with Gasteiger partial charge in [-0.15, -0.1) is 0 Å². The highest BCUT2D eigenvalue weighted by atomic mass is 35.5. The first kappa shape index (κ1) is 15.3. The first-order chi connectivity index (χ1) is 8.58. The van der Waals surface area contributed by atoms with Crippen LogP contribution in [0.25, 0.3) is 0 Å². The van der Waals surface area contributed by atoms with Crippen molar-refractivity contribution in [2.24, 2.45) is 0 Å². The van der Waals surface area contributed by atoms with E-state index in [0.717, 1.165) is 18.5 Å². The Morgan fingerprint density at radius 1 is 1.44 bits per heavy atom. The van der Waals surface area contributed by atoms with Gasteiger partial charge in [0.25, 0.3) is 0 Å². The van der Waals surface area contributed by atoms with Gasteiger partial charge in [0.1, 0.15) is 5.75 Å². The average molecular weight is 272 g/mol. The lowest BCUT2D eigenvalue weighted by Gasteiger charge is -2.28. The lowest BCUT2D eigenvalue weighted by molar-refractivity contribution is 0.117. The first-order valence-electron chi connectivity index (χ1n) is 6.28. The van der Waals surface area contributed by atoms with Gasteiger partial charge in [-0.2, -0.15) is 0 Å². The molecule has 0 amide bonds. The van der Waals surface area contributed by atoms with Crippen molar-refractivity contribution < 1.29 is 9.84 Å². The molecule has 0 radical (unpaired) electrons. The second-order valence-corrected chi connectivity index (χ2v) is 4.93. The molecule has 4 heteroatoms. The molecule has 0 aliphatic heterocycles. The molecule has 0 saturated heterocycles. The molecule has 3 nitrogen and oxygen atoms in total. The van der Waals surface area contributed by atoms with E-state index in [1.54, 1.807) is 19.2 Å². The van der Waals surface area contributed by atoms with E-state index in [4.69, 9.17) is 16.3 Å². The van der Waals surface area contributed by atoms with Crippen LogP contribution in [0.15, 0.2) is 18.2 Å². The number of phenolic OH excluding ortho intramolecular Hbond substituents is 1. The molecule has 1 aromatic carbocycles. The molecule has 0 aromatic heterocycles. The average Bonchev–Trinajstić information content (AvgIpc) is 2.37. The summed E-state index contributed by atoms with van der Waals surface area (Å²) in [6.45, 7) is 6.55. The molecule has 1 N–H and O–H groups in total. The van der Waals surface area contributed by atoms with E-state index in [9.17, 15) is 5.11 Å². The minimum atomic E-state index is 0.296. The predicted molar refractivity (Wildman–Crippen MR) is 75.2 cm³/mol. The van der Waals surface area contributed by atoms with Crippen molar-refractivity contribution in [3.8, 4) is 5.75 Å². The fourth-order valence-electron chi connectivity index (χ4n) is 1.82. The molecule has 0 spiro atoms. The minimum Gasteiger partial charge on any atom is -0.508 e. The highest BCUT2D eigenvalue weighted by molar-refractivity contribution is 6.30. The highest BCUT2D eigenvalue weighted by Crippen LogP contribution is 2.23. The Bertz CT molecular complexity index is 371. The summed E-state index contributed by atoms with van der Waals surface area (Å²) in [6, 6.07) is 5.60. The molecular weight excluding hydrogens is 250 g/mol. The van der Waals surface area contributed by atoms with Crippen LogP contribution in [0.5, 0.6) is 5.75 Å². The number of hydrogen-bond acceptors (Lipinski definition) is 3. The van der Waals surface area contributed by atoms with E-state index in [0.29, 0.717) is 30.0 Å². The van der Waals surface area contributed by atoms with Gasteiger partial charge in [0.15, 0.2) is 0 Å². The van der Waals surface area contributed by atoms with Crippen LogP contribution in [0.2, 0.25) is 5.02 Å². The predicted octanol–water partition coefficient (Wildman–Crippen LogP) is 3.29. The molecule has 0 heterocycles. The molecule has 102 valence electrons. The number of nitrogens with zero attached hydrogens (tertiary/aromatic N) is 1. The van der Waals surface area contributed by atoms with E-state index in [1.807, 2.05) is 6.07 Å². The summed E-state index contributed by atoms with van der Waals surface area (Å²) >= 11 is 5.96. The van der Waals surface area contributed by atoms with Gasteiger partial charge < -0.3 is 9.84 Å². The van der Waals surface area contributed by atoms with Crippen LogP contribution in [0.4, 0.5) is 0 Å². The largest absolute Gasteiger partial charge is 0.508 e. The van der Waals surface area contributed by atoms with E-state index in [-0.39, 0.29) is 0 Å². The van der Waals surface area contributed by atoms with Gasteiger partial charge in [-0.25, -0.2) is 0 Å². The quantitative estimate of drug-likeness (QED) is 0.826. The second-order valence-electron chi connectivity index (χ2n) is 4.49. The molecule has 1 aromatic rings. The van der Waals surface area contributed by atoms with Crippen molar-refractivity contribution in [1.82, 2.24) is 4.90 Å². The zero-order valence-corrected chi connectivity index (χ0v) is 12.1. The fraction of sp³-hybridized carbons (Fsp3) is 0.571. The number of hydrogen-bond donors (Lipinski definition) is 1. The standard InChI is InChI=1S/C14H22ClNO2/c1-4-11(2)16(7-8-18-3)10-12-9-13(15)5-6-14(12)17/h5-6,9,11,17H,4,7-8,10H2,1-3H3. The summed E-state index contributed by atoms with van der Waals surface area (Å²) in [6.07, 6.45) is 1.06. The number of aromatic hydroxyl groups is 1. The molecule has 0 aliphatic carbocycles. The Morgan fingerprint density at radius 3 is 2.78 bits per heavy atom. The number of benzene rings is 1. The Morgan fingerprint density at radius 2 is 2.17 bits per heavy atom. The van der Waals surface area contributed by atoms with Crippen LogP contribution in [0, 0.1) is 0 Å². The van der Waals surface area contributed by atoms with Gasteiger partial charge in [-0.1, -0.05) is 18.5 Å². The van der Waals surface area contributed by atoms with Gasteiger partial charge in [-0.3, -0.25) is 4.90 Å². The van der Waals surface area contributed by atoms with E-state index in [2.05, 4.69) is 18.7 Å². The number of phenols is 1. The van der Waals surface area contributed by atoms with E-state index < -0.39 is 0 Å². The number of rotatable bonds is 7. The van der Waals surface area contributed by atoms with Crippen molar-refractivity contribution in [2.45, 2.75) is 32.9 Å². The normalized spacial score (nSPS) is 12.9. The third-order valence-corrected chi connectivity index (χ3v) is 3.45. The van der Waals surface area contributed by atoms with Gasteiger partial charge in [0.2, 0.25) is 0 Å². The third-order valence-electron chi connectivity index (χ3n) is 3.21. The van der Waals surface area contributed by atoms with Gasteiger partial charge >= 0.3 is 0 Å². The lowest BCUT2D eigenvalue weighted by Crippen LogP contribution is -2.34. The summed E-state index contributed by atoms with van der Waals surface area (Å²) in [5.74, 6) is 0.296. The van der Waals surface area contributed by atoms with Crippen molar-refractivity contribution in [2.75, 3.05) is 20.3 Å². The smallest absolute Gasteiger partial charge is 0.120 e. The minimum absolute atomic E-state index is 0.296. The van der Waals surface area contributed by atoms with E-state index >= 15 is 0 Å². The van der Waals surface area contributed by atoms with Gasteiger partial charge in [-0.05, 0) is 31.5 Å². The molecule has 0 bridgehead atoms. The maximum Gasteiger partial charge on any atom is 0.120 e. The lowest BCUT2D eigenvalue weighted by atomic mass is 10.1. The van der Waals surface area contributed by atoms with Crippen LogP contribution in [-0.2, 0) is 11.3 Å². The highest BCUT2D eigenvalue weighted by Gasteiger charge is 2.14. The molecule has 1 unspecified atom stereocenters. The summed E-state index contributed by atoms with van der Waals surface area (Å²) in [5, 5.41) is 10.5. The summed E-state index contributed by atoms with van der Waals surface area (Å²) in [4.78, 5) is 2.29. The molecule has 18 heavy (non-hydrogen) atoms. The fourth-order valence-corrected chi connectivity index (χ4v) is 2.02. The van der Waals surface area contributed by atoms with Gasteiger partial charge in [0, 0.05) is 36.8 Å². The van der Waals surface area contributed by atoms with Crippen molar-refractivity contribution in [1.29, 1.82) is 0 Å². The molecule has 0 saturated carbocycles. The maximum atomic E-state index is 9.85. The zero-order chi connectivity index (χ0) is 13.5. The second kappa shape index (κ2) is 7.62. The molecule has 1 atom stereocenters. The molecule has 0 aliphatic rings. The van der Waals surface area contributed by atoms with Crippen LogP contribution >= 0.6 is 11.6 Å². The Labute approximate surface area is 114 Å². The Kier molecular flexibility index (Phi) is 6.47. The first-order valence-corrected chi connectivity index (χ1v) is 6.66. The van der Waals surface area contributed by atoms with Crippen LogP contribution in [-0.4, -0.2) is 36.3 Å². The SMILES string of the molecule is CCC(C)N(CCOC)Cc1cc(Cl)ccc1O. The van der Waals surface area contributed by atoms with Crippen LogP contribution in [0.1, 0.15) is 25.8 Å². The summed E-state index contributed by atoms with van der Waals surface area (Å²) in [5.41, 5.74) is 0.860. The maximum absolute atomic E-state index is 9.85. The molecule has 0 fully saturated rings. The summed E-state index contributed by atoms with van der Waals surface area (Å²) in [7, 11) is 1.70. The Hall–Kier alpha value is -0.770. The van der Waals surface area contributed by atoms with Crippen molar-refractivity contribution in [3.05, 3.63) is 28.8 Å². The summed E-state index contributed by atoms with van der Waals surface area (Å²) < 4.78 is 5.13. The monoisotopic (exact) mass is 271 g/mol. The van der Waals surface area contributed by atoms with Gasteiger partial charge in [0.05, 0.1) is 6.61 Å². The number of ether oxygens (including phenoxy) is 1. The van der Waals surface area contributed by atoms with Crippen molar-refractivity contribution >= 4 is 11.6 Å². The molecular formula is C14H22ClNO2. The van der Waals surface area contributed by atoms with E-state index in [1.165, 1.54) is 0 Å². The zero-order valence-electron chi connectivity index (χ0n) is 11.3. The topological polar surface area (TPSA) is 32.7 Å². The van der Waals surface area contributed by atoms with Crippen LogP contribution in [0.3, 0.4) is 0 Å². The Balaban J connectivity index is 2.77.